The summed E-state index contributed by atoms with van der Waals surface area (Å²) < 4.78 is 0. The minimum atomic E-state index is -1.65. The molecule has 1 rings (SSSR count). The number of amides is 3. The predicted molar refractivity (Wildman–Crippen MR) is 125 cm³/mol. The smallest absolute Gasteiger partial charge is 0.328 e. The van der Waals surface area contributed by atoms with Crippen LogP contribution in [0, 0.1) is 0 Å². The first-order chi connectivity index (χ1) is 16.0. The molecule has 34 heavy (non-hydrogen) atoms. The van der Waals surface area contributed by atoms with Gasteiger partial charge in [-0.05, 0) is 43.0 Å². The van der Waals surface area contributed by atoms with E-state index in [2.05, 4.69) is 10.6 Å². The summed E-state index contributed by atoms with van der Waals surface area (Å²) in [6.07, 6.45) is 0.787. The van der Waals surface area contributed by atoms with Gasteiger partial charge in [0.05, 0.1) is 18.8 Å². The second-order valence-corrected chi connectivity index (χ2v) is 8.61. The molecule has 0 heterocycles. The molecule has 5 unspecified atom stereocenters. The van der Waals surface area contributed by atoms with Crippen molar-refractivity contribution in [3.8, 4) is 5.75 Å². The van der Waals surface area contributed by atoms with E-state index in [1.807, 2.05) is 11.6 Å². The van der Waals surface area contributed by atoms with Crippen molar-refractivity contribution in [3.05, 3.63) is 29.8 Å². The fourth-order valence-electron chi connectivity index (χ4n) is 2.84. The molecule has 3 amide bonds. The SMILES string of the molecule is CSCCC(N)C(=O)NC(Cc1ccc(O)cc1)C(=O)NC(CO)C(=O)NC(C(=O)O)C(C)O. The Balaban J connectivity index is 3.00. The highest BCUT2D eigenvalue weighted by Crippen LogP contribution is 2.12. The van der Waals surface area contributed by atoms with Crippen LogP contribution in [0.3, 0.4) is 0 Å². The topological polar surface area (TPSA) is 211 Å². The van der Waals surface area contributed by atoms with Gasteiger partial charge in [0.15, 0.2) is 6.04 Å². The number of thioether (sulfide) groups is 1. The number of aliphatic carboxylic acids is 1. The average molecular weight is 501 g/mol. The molecule has 0 saturated carbocycles. The molecule has 0 aliphatic heterocycles. The lowest BCUT2D eigenvalue weighted by atomic mass is 10.0. The Kier molecular flexibility index (Phi) is 12.4. The van der Waals surface area contributed by atoms with E-state index in [0.717, 1.165) is 6.92 Å². The molecule has 0 radical (unpaired) electrons. The molecular weight excluding hydrogens is 468 g/mol. The van der Waals surface area contributed by atoms with Crippen molar-refractivity contribution < 1.29 is 39.6 Å². The third kappa shape index (κ3) is 9.55. The zero-order chi connectivity index (χ0) is 25.8. The van der Waals surface area contributed by atoms with E-state index in [1.165, 1.54) is 23.9 Å². The molecule has 13 heteroatoms. The van der Waals surface area contributed by atoms with Gasteiger partial charge in [0.1, 0.15) is 17.8 Å². The Bertz CT molecular complexity index is 837. The Morgan fingerprint density at radius 1 is 1.00 bits per heavy atom. The molecule has 5 atom stereocenters. The van der Waals surface area contributed by atoms with Gasteiger partial charge in [-0.25, -0.2) is 4.79 Å². The van der Waals surface area contributed by atoms with E-state index in [0.29, 0.717) is 17.7 Å². The van der Waals surface area contributed by atoms with Crippen LogP contribution >= 0.6 is 11.8 Å². The number of phenolic OH excluding ortho intramolecular Hbond substituents is 1. The van der Waals surface area contributed by atoms with E-state index in [1.54, 1.807) is 12.1 Å². The van der Waals surface area contributed by atoms with Crippen molar-refractivity contribution in [2.75, 3.05) is 18.6 Å². The maximum absolute atomic E-state index is 12.9. The Labute approximate surface area is 201 Å². The summed E-state index contributed by atoms with van der Waals surface area (Å²) in [5.41, 5.74) is 6.46. The fourth-order valence-corrected chi connectivity index (χ4v) is 3.33. The number of aliphatic hydroxyl groups is 2. The number of hydrogen-bond acceptors (Lipinski definition) is 9. The number of carboxylic acid groups (broad SMARTS) is 1. The second kappa shape index (κ2) is 14.4. The fraction of sp³-hybridized carbons (Fsp3) is 0.524. The number of aliphatic hydroxyl groups excluding tert-OH is 2. The molecule has 12 nitrogen and oxygen atoms in total. The molecule has 0 spiro atoms. The monoisotopic (exact) mass is 500 g/mol. The highest BCUT2D eigenvalue weighted by molar-refractivity contribution is 7.98. The lowest BCUT2D eigenvalue weighted by Gasteiger charge is -2.25. The largest absolute Gasteiger partial charge is 0.508 e. The predicted octanol–water partition coefficient (Wildman–Crippen LogP) is -2.07. The van der Waals surface area contributed by atoms with E-state index >= 15 is 0 Å². The van der Waals surface area contributed by atoms with Crippen molar-refractivity contribution in [1.82, 2.24) is 16.0 Å². The van der Waals surface area contributed by atoms with Crippen LogP contribution < -0.4 is 21.7 Å². The highest BCUT2D eigenvalue weighted by atomic mass is 32.2. The van der Waals surface area contributed by atoms with Crippen LogP contribution in [-0.2, 0) is 25.6 Å². The van der Waals surface area contributed by atoms with Crippen LogP contribution in [0.25, 0.3) is 0 Å². The molecule has 0 bridgehead atoms. The molecule has 1 aromatic carbocycles. The van der Waals surface area contributed by atoms with Gasteiger partial charge in [-0.1, -0.05) is 12.1 Å². The van der Waals surface area contributed by atoms with Crippen LogP contribution in [0.4, 0.5) is 0 Å². The lowest BCUT2D eigenvalue weighted by molar-refractivity contribution is -0.145. The van der Waals surface area contributed by atoms with Gasteiger partial charge in [-0.15, -0.1) is 0 Å². The number of nitrogens with two attached hydrogens (primary N) is 1. The Morgan fingerprint density at radius 3 is 2.06 bits per heavy atom. The number of carbonyl (C=O) groups excluding carboxylic acids is 3. The standard InChI is InChI=1S/C21H32N4O8S/c1-11(27)17(21(32)33)25-20(31)16(10-26)24-19(30)15(9-12-3-5-13(28)6-4-12)23-18(29)14(22)7-8-34-2/h3-6,11,14-17,26-28H,7-10,22H2,1-2H3,(H,23,29)(H,24,30)(H,25,31)(H,32,33). The van der Waals surface area contributed by atoms with Crippen molar-refractivity contribution in [1.29, 1.82) is 0 Å². The van der Waals surface area contributed by atoms with Crippen molar-refractivity contribution in [2.45, 2.75) is 50.0 Å². The zero-order valence-electron chi connectivity index (χ0n) is 18.9. The Hall–Kier alpha value is -2.87. The number of phenols is 1. The van der Waals surface area contributed by atoms with E-state index in [9.17, 15) is 34.5 Å². The lowest BCUT2D eigenvalue weighted by Crippen LogP contribution is -2.59. The molecule has 1 aromatic rings. The van der Waals surface area contributed by atoms with Crippen molar-refractivity contribution in [3.63, 3.8) is 0 Å². The number of carboxylic acids is 1. The Morgan fingerprint density at radius 2 is 1.56 bits per heavy atom. The van der Waals surface area contributed by atoms with Crippen molar-refractivity contribution >= 4 is 35.5 Å². The van der Waals surface area contributed by atoms with Gasteiger partial charge in [0.2, 0.25) is 17.7 Å². The summed E-state index contributed by atoms with van der Waals surface area (Å²) in [5.74, 6) is -3.30. The summed E-state index contributed by atoms with van der Waals surface area (Å²) in [6, 6.07) is 0.647. The minimum Gasteiger partial charge on any atom is -0.508 e. The van der Waals surface area contributed by atoms with Gasteiger partial charge >= 0.3 is 5.97 Å². The molecule has 0 aliphatic carbocycles. The maximum Gasteiger partial charge on any atom is 0.328 e. The first-order valence-corrected chi connectivity index (χ1v) is 11.8. The van der Waals surface area contributed by atoms with E-state index in [-0.39, 0.29) is 12.2 Å². The van der Waals surface area contributed by atoms with Crippen LogP contribution in [0.15, 0.2) is 24.3 Å². The van der Waals surface area contributed by atoms with Crippen LogP contribution in [0.5, 0.6) is 5.75 Å². The molecule has 0 aromatic heterocycles. The van der Waals surface area contributed by atoms with Gasteiger partial charge in [-0.3, -0.25) is 14.4 Å². The number of carbonyl (C=O) groups is 4. The van der Waals surface area contributed by atoms with Gasteiger partial charge in [0.25, 0.3) is 0 Å². The quantitative estimate of drug-likeness (QED) is 0.140. The maximum atomic E-state index is 12.9. The molecule has 9 N–H and O–H groups in total. The first kappa shape index (κ1) is 29.2. The van der Waals surface area contributed by atoms with Crippen LogP contribution in [0.1, 0.15) is 18.9 Å². The number of aromatic hydroxyl groups is 1. The van der Waals surface area contributed by atoms with Gasteiger partial charge in [0, 0.05) is 6.42 Å². The summed E-state index contributed by atoms with van der Waals surface area (Å²) in [6.45, 7) is 0.298. The number of nitrogens with one attached hydrogen (secondary N) is 3. The number of rotatable bonds is 14. The third-order valence-corrected chi connectivity index (χ3v) is 5.48. The minimum absolute atomic E-state index is 0.0102. The summed E-state index contributed by atoms with van der Waals surface area (Å²) >= 11 is 1.51. The highest BCUT2D eigenvalue weighted by Gasteiger charge is 2.31. The van der Waals surface area contributed by atoms with Crippen molar-refractivity contribution in [2.24, 2.45) is 5.73 Å². The third-order valence-electron chi connectivity index (χ3n) is 4.84. The summed E-state index contributed by atoms with van der Waals surface area (Å²) in [4.78, 5) is 49.0. The normalized spacial score (nSPS) is 15.3. The van der Waals surface area contributed by atoms with E-state index in [4.69, 9.17) is 10.8 Å². The van der Waals surface area contributed by atoms with Crippen LogP contribution in [-0.4, -0.2) is 93.0 Å². The molecule has 0 fully saturated rings. The number of benzene rings is 1. The molecule has 0 aliphatic rings. The van der Waals surface area contributed by atoms with E-state index < -0.39 is 60.6 Å². The van der Waals surface area contributed by atoms with Gasteiger partial charge < -0.3 is 42.1 Å². The second-order valence-electron chi connectivity index (χ2n) is 7.63. The molecular formula is C21H32N4O8S. The van der Waals surface area contributed by atoms with Crippen LogP contribution in [0.2, 0.25) is 0 Å². The summed E-state index contributed by atoms with van der Waals surface area (Å²) in [7, 11) is 0. The zero-order valence-corrected chi connectivity index (χ0v) is 19.7. The molecule has 0 saturated heterocycles. The number of hydrogen-bond donors (Lipinski definition) is 8. The first-order valence-electron chi connectivity index (χ1n) is 10.4. The molecule has 190 valence electrons. The average Bonchev–Trinajstić information content (AvgIpc) is 2.79. The van der Waals surface area contributed by atoms with Gasteiger partial charge in [-0.2, -0.15) is 11.8 Å². The summed E-state index contributed by atoms with van der Waals surface area (Å²) in [5, 5.41) is 44.6.